The zero-order valence-corrected chi connectivity index (χ0v) is 10.3. The lowest BCUT2D eigenvalue weighted by atomic mass is 9.88. The summed E-state index contributed by atoms with van der Waals surface area (Å²) < 4.78 is 9.75. The molecule has 1 aromatic rings. The van der Waals surface area contributed by atoms with Gasteiger partial charge in [-0.05, 0) is 17.7 Å². The predicted octanol–water partition coefficient (Wildman–Crippen LogP) is 0.698. The Morgan fingerprint density at radius 1 is 1.28 bits per heavy atom. The number of carbonyl (C=O) groups excluding carboxylic acids is 2. The number of amides is 1. The standard InChI is InChI=1S/C13H15NO4/c1-17-9-5-3-8(4-6-9)10-7-14-12(15)11(10)13(16)18-2/h3-6,10-11H,7H2,1-2H3,(H,14,15). The molecule has 1 heterocycles. The Morgan fingerprint density at radius 3 is 2.50 bits per heavy atom. The number of ether oxygens (including phenoxy) is 2. The molecule has 0 aliphatic carbocycles. The molecule has 1 saturated heterocycles. The highest BCUT2D eigenvalue weighted by atomic mass is 16.5. The number of rotatable bonds is 3. The number of nitrogens with one attached hydrogen (secondary N) is 1. The maximum Gasteiger partial charge on any atom is 0.318 e. The molecular formula is C13H15NO4. The van der Waals surface area contributed by atoms with Crippen LogP contribution in [-0.4, -0.2) is 32.6 Å². The lowest BCUT2D eigenvalue weighted by Gasteiger charge is -2.15. The number of methoxy groups -OCH3 is 2. The van der Waals surface area contributed by atoms with Crippen LogP contribution in [0.3, 0.4) is 0 Å². The highest BCUT2D eigenvalue weighted by Gasteiger charge is 2.41. The second-order valence-electron chi connectivity index (χ2n) is 4.13. The summed E-state index contributed by atoms with van der Waals surface area (Å²) in [7, 11) is 2.88. The van der Waals surface area contributed by atoms with Gasteiger partial charge in [-0.1, -0.05) is 12.1 Å². The van der Waals surface area contributed by atoms with Crippen LogP contribution in [0.2, 0.25) is 0 Å². The number of benzene rings is 1. The van der Waals surface area contributed by atoms with Crippen molar-refractivity contribution in [3.05, 3.63) is 29.8 Å². The molecule has 96 valence electrons. The number of esters is 1. The van der Waals surface area contributed by atoms with Gasteiger partial charge >= 0.3 is 5.97 Å². The maximum atomic E-state index is 11.6. The Hall–Kier alpha value is -2.04. The quantitative estimate of drug-likeness (QED) is 0.632. The van der Waals surface area contributed by atoms with Crippen molar-refractivity contribution in [1.29, 1.82) is 0 Å². The van der Waals surface area contributed by atoms with E-state index in [0.29, 0.717) is 6.54 Å². The molecule has 0 bridgehead atoms. The van der Waals surface area contributed by atoms with E-state index in [1.807, 2.05) is 24.3 Å². The van der Waals surface area contributed by atoms with E-state index in [1.54, 1.807) is 7.11 Å². The lowest BCUT2D eigenvalue weighted by molar-refractivity contribution is -0.149. The summed E-state index contributed by atoms with van der Waals surface area (Å²) in [6.07, 6.45) is 0. The third-order valence-corrected chi connectivity index (χ3v) is 3.18. The molecule has 0 radical (unpaired) electrons. The Bertz CT molecular complexity index is 455. The normalized spacial score (nSPS) is 22.4. The predicted molar refractivity (Wildman–Crippen MR) is 64.3 cm³/mol. The second kappa shape index (κ2) is 5.08. The van der Waals surface area contributed by atoms with E-state index >= 15 is 0 Å². The minimum Gasteiger partial charge on any atom is -0.497 e. The van der Waals surface area contributed by atoms with Crippen LogP contribution in [-0.2, 0) is 14.3 Å². The summed E-state index contributed by atoms with van der Waals surface area (Å²) in [5.74, 6) is -0.974. The molecular weight excluding hydrogens is 234 g/mol. The van der Waals surface area contributed by atoms with Gasteiger partial charge in [-0.25, -0.2) is 0 Å². The Morgan fingerprint density at radius 2 is 1.94 bits per heavy atom. The minimum atomic E-state index is -0.761. The molecule has 5 nitrogen and oxygen atoms in total. The third-order valence-electron chi connectivity index (χ3n) is 3.18. The average molecular weight is 249 g/mol. The van der Waals surface area contributed by atoms with Crippen molar-refractivity contribution in [2.75, 3.05) is 20.8 Å². The van der Waals surface area contributed by atoms with E-state index in [-0.39, 0.29) is 11.8 Å². The van der Waals surface area contributed by atoms with Gasteiger partial charge in [0.25, 0.3) is 0 Å². The average Bonchev–Trinajstić information content (AvgIpc) is 2.80. The van der Waals surface area contributed by atoms with Crippen LogP contribution < -0.4 is 10.1 Å². The Kier molecular flexibility index (Phi) is 3.50. The van der Waals surface area contributed by atoms with Crippen molar-refractivity contribution in [3.8, 4) is 5.75 Å². The van der Waals surface area contributed by atoms with E-state index in [0.717, 1.165) is 11.3 Å². The molecule has 1 aliphatic rings. The van der Waals surface area contributed by atoms with Crippen LogP contribution in [0.5, 0.6) is 5.75 Å². The number of hydrogen-bond donors (Lipinski definition) is 1. The van der Waals surface area contributed by atoms with Gasteiger partial charge in [0.05, 0.1) is 14.2 Å². The summed E-state index contributed by atoms with van der Waals surface area (Å²) >= 11 is 0. The van der Waals surface area contributed by atoms with Gasteiger partial charge < -0.3 is 14.8 Å². The minimum absolute atomic E-state index is 0.184. The maximum absolute atomic E-state index is 11.6. The van der Waals surface area contributed by atoms with Crippen molar-refractivity contribution in [2.24, 2.45) is 5.92 Å². The fraction of sp³-hybridized carbons (Fsp3) is 0.385. The topological polar surface area (TPSA) is 64.6 Å². The zero-order valence-electron chi connectivity index (χ0n) is 10.3. The van der Waals surface area contributed by atoms with Gasteiger partial charge in [0.2, 0.25) is 5.91 Å². The van der Waals surface area contributed by atoms with Crippen LogP contribution in [0.25, 0.3) is 0 Å². The molecule has 1 aliphatic heterocycles. The number of hydrogen-bond acceptors (Lipinski definition) is 4. The largest absolute Gasteiger partial charge is 0.497 e. The molecule has 1 aromatic carbocycles. The summed E-state index contributed by atoms with van der Waals surface area (Å²) in [6, 6.07) is 7.35. The summed E-state index contributed by atoms with van der Waals surface area (Å²) in [4.78, 5) is 23.3. The molecule has 2 unspecified atom stereocenters. The number of carbonyl (C=O) groups is 2. The smallest absolute Gasteiger partial charge is 0.318 e. The highest BCUT2D eigenvalue weighted by Crippen LogP contribution is 2.30. The first-order chi connectivity index (χ1) is 8.67. The van der Waals surface area contributed by atoms with Gasteiger partial charge in [-0.15, -0.1) is 0 Å². The van der Waals surface area contributed by atoms with E-state index in [9.17, 15) is 9.59 Å². The van der Waals surface area contributed by atoms with Gasteiger partial charge in [0, 0.05) is 12.5 Å². The molecule has 0 aromatic heterocycles. The van der Waals surface area contributed by atoms with Crippen molar-refractivity contribution in [3.63, 3.8) is 0 Å². The van der Waals surface area contributed by atoms with Crippen LogP contribution >= 0.6 is 0 Å². The molecule has 18 heavy (non-hydrogen) atoms. The van der Waals surface area contributed by atoms with Gasteiger partial charge in [-0.2, -0.15) is 0 Å². The third kappa shape index (κ3) is 2.16. The molecule has 2 atom stereocenters. The second-order valence-corrected chi connectivity index (χ2v) is 4.13. The van der Waals surface area contributed by atoms with Gasteiger partial charge in [-0.3, -0.25) is 9.59 Å². The van der Waals surface area contributed by atoms with Crippen molar-refractivity contribution in [1.82, 2.24) is 5.32 Å². The molecule has 2 rings (SSSR count). The monoisotopic (exact) mass is 249 g/mol. The van der Waals surface area contributed by atoms with Crippen LogP contribution in [0.1, 0.15) is 11.5 Å². The van der Waals surface area contributed by atoms with Crippen molar-refractivity contribution in [2.45, 2.75) is 5.92 Å². The molecule has 1 fully saturated rings. The SMILES string of the molecule is COC(=O)C1C(=O)NCC1c1ccc(OC)cc1. The summed E-state index contributed by atoms with van der Waals surface area (Å²) in [6.45, 7) is 0.449. The van der Waals surface area contributed by atoms with Gasteiger partial charge in [0.15, 0.2) is 0 Å². The fourth-order valence-corrected chi connectivity index (χ4v) is 2.18. The molecule has 1 amide bonds. The summed E-state index contributed by atoms with van der Waals surface area (Å²) in [5, 5.41) is 2.69. The van der Waals surface area contributed by atoms with Crippen LogP contribution in [0, 0.1) is 5.92 Å². The van der Waals surface area contributed by atoms with E-state index < -0.39 is 11.9 Å². The zero-order chi connectivity index (χ0) is 13.1. The van der Waals surface area contributed by atoms with Crippen LogP contribution in [0.15, 0.2) is 24.3 Å². The fourth-order valence-electron chi connectivity index (χ4n) is 2.18. The van der Waals surface area contributed by atoms with Gasteiger partial charge in [0.1, 0.15) is 11.7 Å². The van der Waals surface area contributed by atoms with E-state index in [4.69, 9.17) is 4.74 Å². The Balaban J connectivity index is 2.25. The summed E-state index contributed by atoms with van der Waals surface area (Å²) in [5.41, 5.74) is 0.921. The highest BCUT2D eigenvalue weighted by molar-refractivity contribution is 6.00. The van der Waals surface area contributed by atoms with Crippen molar-refractivity contribution < 1.29 is 19.1 Å². The molecule has 1 N–H and O–H groups in total. The Labute approximate surface area is 105 Å². The molecule has 0 saturated carbocycles. The van der Waals surface area contributed by atoms with E-state index in [1.165, 1.54) is 7.11 Å². The first kappa shape index (κ1) is 12.4. The van der Waals surface area contributed by atoms with Crippen molar-refractivity contribution >= 4 is 11.9 Å². The first-order valence-electron chi connectivity index (χ1n) is 5.67. The van der Waals surface area contributed by atoms with Crippen LogP contribution in [0.4, 0.5) is 0 Å². The van der Waals surface area contributed by atoms with E-state index in [2.05, 4.69) is 10.1 Å². The molecule has 0 spiro atoms. The first-order valence-corrected chi connectivity index (χ1v) is 5.67. The lowest BCUT2D eigenvalue weighted by Crippen LogP contribution is -2.28. The molecule has 5 heteroatoms.